The fraction of sp³-hybridized carbons (Fsp3) is 0.500. The number of rotatable bonds is 6. The molecule has 0 radical (unpaired) electrons. The third-order valence-electron chi connectivity index (χ3n) is 2.93. The van der Waals surface area contributed by atoms with E-state index < -0.39 is 6.10 Å². The maximum Gasteiger partial charge on any atom is 0.138 e. The van der Waals surface area contributed by atoms with E-state index >= 15 is 0 Å². The summed E-state index contributed by atoms with van der Waals surface area (Å²) in [6.45, 7) is 4.88. The second kappa shape index (κ2) is 6.25. The van der Waals surface area contributed by atoms with Crippen LogP contribution in [0.4, 0.5) is 0 Å². The molecule has 1 heterocycles. The Morgan fingerprint density at radius 2 is 2.17 bits per heavy atom. The Hall–Kier alpha value is -1.00. The van der Waals surface area contributed by atoms with Gasteiger partial charge in [0, 0.05) is 6.54 Å². The van der Waals surface area contributed by atoms with Crippen molar-refractivity contribution in [2.75, 3.05) is 11.5 Å². The molecule has 4 heteroatoms. The normalized spacial score (nSPS) is 13.1. The van der Waals surface area contributed by atoms with Crippen LogP contribution in [0.1, 0.15) is 32.2 Å². The van der Waals surface area contributed by atoms with Gasteiger partial charge in [0.05, 0.1) is 11.0 Å². The number of aromatic nitrogens is 2. The molecular weight excluding hydrogens is 244 g/mol. The maximum atomic E-state index is 9.82. The van der Waals surface area contributed by atoms with Gasteiger partial charge in [-0.15, -0.1) is 0 Å². The molecule has 0 aliphatic rings. The lowest BCUT2D eigenvalue weighted by Gasteiger charge is -2.10. The molecule has 18 heavy (non-hydrogen) atoms. The molecule has 0 amide bonds. The zero-order valence-corrected chi connectivity index (χ0v) is 11.8. The van der Waals surface area contributed by atoms with Crippen LogP contribution in [0.3, 0.4) is 0 Å². The number of aliphatic hydroxyl groups excluding tert-OH is 1. The number of fused-ring (bicyclic) bond motifs is 1. The number of nitrogens with zero attached hydrogens (tertiary/aromatic N) is 2. The van der Waals surface area contributed by atoms with Crippen LogP contribution in [-0.2, 0) is 6.54 Å². The van der Waals surface area contributed by atoms with Gasteiger partial charge in [-0.25, -0.2) is 4.98 Å². The van der Waals surface area contributed by atoms with Crippen molar-refractivity contribution in [3.8, 4) is 0 Å². The number of hydrogen-bond acceptors (Lipinski definition) is 3. The van der Waals surface area contributed by atoms with Crippen LogP contribution in [-0.4, -0.2) is 26.2 Å². The van der Waals surface area contributed by atoms with E-state index in [0.29, 0.717) is 0 Å². The van der Waals surface area contributed by atoms with Gasteiger partial charge in [0.25, 0.3) is 0 Å². The van der Waals surface area contributed by atoms with Gasteiger partial charge in [0.1, 0.15) is 11.9 Å². The fourth-order valence-electron chi connectivity index (χ4n) is 2.12. The quantitative estimate of drug-likeness (QED) is 0.814. The number of hydrogen-bond donors (Lipinski definition) is 1. The highest BCUT2D eigenvalue weighted by Gasteiger charge is 2.13. The summed E-state index contributed by atoms with van der Waals surface area (Å²) < 4.78 is 2.15. The van der Waals surface area contributed by atoms with Crippen molar-refractivity contribution in [1.29, 1.82) is 0 Å². The third kappa shape index (κ3) is 2.87. The van der Waals surface area contributed by atoms with Crippen molar-refractivity contribution in [2.45, 2.75) is 32.9 Å². The van der Waals surface area contributed by atoms with Crippen molar-refractivity contribution >= 4 is 22.8 Å². The average molecular weight is 264 g/mol. The van der Waals surface area contributed by atoms with Crippen molar-refractivity contribution in [3.63, 3.8) is 0 Å². The molecule has 2 rings (SSSR count). The maximum absolute atomic E-state index is 9.82. The predicted molar refractivity (Wildman–Crippen MR) is 78.0 cm³/mol. The van der Waals surface area contributed by atoms with Gasteiger partial charge in [-0.3, -0.25) is 0 Å². The second-order valence-electron chi connectivity index (χ2n) is 4.34. The first-order chi connectivity index (χ1) is 8.74. The lowest BCUT2D eigenvalue weighted by atomic mass is 10.3. The average Bonchev–Trinajstić information content (AvgIpc) is 2.74. The van der Waals surface area contributed by atoms with Gasteiger partial charge >= 0.3 is 0 Å². The standard InChI is InChI=1S/C14H20N2OS/c1-3-18-10-6-9-16-13-8-5-4-7-12(13)15-14(16)11(2)17/h4-5,7-8,11,17H,3,6,9-10H2,1-2H3. The number of thioether (sulfide) groups is 1. The molecule has 1 aromatic carbocycles. The van der Waals surface area contributed by atoms with E-state index in [4.69, 9.17) is 0 Å². The summed E-state index contributed by atoms with van der Waals surface area (Å²) in [4.78, 5) is 4.52. The summed E-state index contributed by atoms with van der Waals surface area (Å²) in [5.41, 5.74) is 2.09. The summed E-state index contributed by atoms with van der Waals surface area (Å²) in [6, 6.07) is 8.07. The SMILES string of the molecule is CCSCCCn1c(C(C)O)nc2ccccc21. The van der Waals surface area contributed by atoms with Crippen LogP contribution < -0.4 is 0 Å². The van der Waals surface area contributed by atoms with E-state index in [1.807, 2.05) is 30.0 Å². The lowest BCUT2D eigenvalue weighted by molar-refractivity contribution is 0.184. The molecule has 98 valence electrons. The van der Waals surface area contributed by atoms with Crippen LogP contribution in [0.5, 0.6) is 0 Å². The molecule has 0 spiro atoms. The smallest absolute Gasteiger partial charge is 0.138 e. The van der Waals surface area contributed by atoms with Gasteiger partial charge in [0.2, 0.25) is 0 Å². The van der Waals surface area contributed by atoms with Crippen molar-refractivity contribution in [3.05, 3.63) is 30.1 Å². The summed E-state index contributed by atoms with van der Waals surface area (Å²) in [5.74, 6) is 3.09. The molecule has 3 nitrogen and oxygen atoms in total. The third-order valence-corrected chi connectivity index (χ3v) is 3.92. The number of para-hydroxylation sites is 2. The first-order valence-electron chi connectivity index (χ1n) is 6.45. The molecule has 0 aliphatic heterocycles. The molecule has 1 N–H and O–H groups in total. The second-order valence-corrected chi connectivity index (χ2v) is 5.73. The zero-order chi connectivity index (χ0) is 13.0. The molecule has 1 aromatic heterocycles. The predicted octanol–water partition coefficient (Wildman–Crippen LogP) is 3.23. The van der Waals surface area contributed by atoms with Crippen LogP contribution in [0, 0.1) is 0 Å². The summed E-state index contributed by atoms with van der Waals surface area (Å²) in [7, 11) is 0. The summed E-state index contributed by atoms with van der Waals surface area (Å²) in [6.07, 6.45) is 0.592. The number of aliphatic hydroxyl groups is 1. The van der Waals surface area contributed by atoms with Gasteiger partial charge in [-0.05, 0) is 37.0 Å². The zero-order valence-electron chi connectivity index (χ0n) is 11.0. The molecule has 1 atom stereocenters. The van der Waals surface area contributed by atoms with Gasteiger partial charge < -0.3 is 9.67 Å². The minimum absolute atomic E-state index is 0.517. The van der Waals surface area contributed by atoms with E-state index in [1.165, 1.54) is 0 Å². The fourth-order valence-corrected chi connectivity index (χ4v) is 2.74. The van der Waals surface area contributed by atoms with E-state index in [9.17, 15) is 5.11 Å². The van der Waals surface area contributed by atoms with Crippen molar-refractivity contribution in [2.24, 2.45) is 0 Å². The Morgan fingerprint density at radius 1 is 1.39 bits per heavy atom. The first-order valence-corrected chi connectivity index (χ1v) is 7.60. The molecule has 0 saturated carbocycles. The molecule has 1 unspecified atom stereocenters. The highest BCUT2D eigenvalue weighted by Crippen LogP contribution is 2.21. The topological polar surface area (TPSA) is 38.0 Å². The van der Waals surface area contributed by atoms with Crippen LogP contribution in [0.15, 0.2) is 24.3 Å². The lowest BCUT2D eigenvalue weighted by Crippen LogP contribution is -2.07. The van der Waals surface area contributed by atoms with Gasteiger partial charge in [-0.1, -0.05) is 19.1 Å². The van der Waals surface area contributed by atoms with Crippen molar-refractivity contribution < 1.29 is 5.11 Å². The molecule has 2 aromatic rings. The Balaban J connectivity index is 2.24. The van der Waals surface area contributed by atoms with Crippen LogP contribution in [0.2, 0.25) is 0 Å². The molecule has 0 bridgehead atoms. The Kier molecular flexibility index (Phi) is 4.66. The Morgan fingerprint density at radius 3 is 2.89 bits per heavy atom. The monoisotopic (exact) mass is 264 g/mol. The highest BCUT2D eigenvalue weighted by molar-refractivity contribution is 7.99. The van der Waals surface area contributed by atoms with E-state index in [-0.39, 0.29) is 0 Å². The number of benzene rings is 1. The van der Waals surface area contributed by atoms with Crippen LogP contribution in [0.25, 0.3) is 11.0 Å². The highest BCUT2D eigenvalue weighted by atomic mass is 32.2. The van der Waals surface area contributed by atoms with E-state index in [2.05, 4.69) is 22.5 Å². The first kappa shape index (κ1) is 13.4. The van der Waals surface area contributed by atoms with Gasteiger partial charge in [0.15, 0.2) is 0 Å². The number of imidazole rings is 1. The molecular formula is C14H20N2OS. The minimum Gasteiger partial charge on any atom is -0.385 e. The van der Waals surface area contributed by atoms with Crippen molar-refractivity contribution in [1.82, 2.24) is 9.55 Å². The summed E-state index contributed by atoms with van der Waals surface area (Å²) >= 11 is 1.95. The summed E-state index contributed by atoms with van der Waals surface area (Å²) in [5, 5.41) is 9.82. The Bertz CT molecular complexity index is 507. The van der Waals surface area contributed by atoms with Gasteiger partial charge in [-0.2, -0.15) is 11.8 Å². The molecule has 0 fully saturated rings. The van der Waals surface area contributed by atoms with E-state index in [0.717, 1.165) is 41.3 Å². The Labute approximate surface area is 112 Å². The minimum atomic E-state index is -0.517. The van der Waals surface area contributed by atoms with E-state index in [1.54, 1.807) is 6.92 Å². The molecule has 0 saturated heterocycles. The largest absolute Gasteiger partial charge is 0.385 e. The van der Waals surface area contributed by atoms with Crippen LogP contribution >= 0.6 is 11.8 Å². The molecule has 0 aliphatic carbocycles. The number of aryl methyl sites for hydroxylation is 1.